The SMILES string of the molecule is COCCn1ccc(NC(=O)N2Cc3ccccc3N(C)CC2C)n1. The van der Waals surface area contributed by atoms with Gasteiger partial charge in [-0.3, -0.25) is 10.00 Å². The van der Waals surface area contributed by atoms with Gasteiger partial charge in [0.2, 0.25) is 0 Å². The number of para-hydroxylation sites is 1. The van der Waals surface area contributed by atoms with E-state index in [2.05, 4.69) is 41.4 Å². The summed E-state index contributed by atoms with van der Waals surface area (Å²) in [5.74, 6) is 0.555. The first-order chi connectivity index (χ1) is 12.1. The fourth-order valence-electron chi connectivity index (χ4n) is 3.14. The number of hydrogen-bond acceptors (Lipinski definition) is 4. The van der Waals surface area contributed by atoms with E-state index in [1.165, 1.54) is 5.69 Å². The van der Waals surface area contributed by atoms with E-state index in [0.29, 0.717) is 25.5 Å². The van der Waals surface area contributed by atoms with E-state index >= 15 is 0 Å². The van der Waals surface area contributed by atoms with Gasteiger partial charge in [-0.15, -0.1) is 0 Å². The number of benzene rings is 1. The third-order valence-corrected chi connectivity index (χ3v) is 4.47. The average molecular weight is 343 g/mol. The Bertz CT molecular complexity index is 730. The number of urea groups is 1. The quantitative estimate of drug-likeness (QED) is 0.926. The lowest BCUT2D eigenvalue weighted by Gasteiger charge is -2.28. The Morgan fingerprint density at radius 3 is 2.96 bits per heavy atom. The highest BCUT2D eigenvalue weighted by molar-refractivity contribution is 5.88. The molecule has 0 saturated carbocycles. The summed E-state index contributed by atoms with van der Waals surface area (Å²) < 4.78 is 6.80. The molecule has 134 valence electrons. The predicted molar refractivity (Wildman–Crippen MR) is 97.8 cm³/mol. The second-order valence-electron chi connectivity index (χ2n) is 6.37. The second kappa shape index (κ2) is 7.57. The van der Waals surface area contributed by atoms with Crippen LogP contribution in [0.15, 0.2) is 36.5 Å². The minimum Gasteiger partial charge on any atom is -0.383 e. The number of rotatable bonds is 4. The van der Waals surface area contributed by atoms with Crippen LogP contribution in [0, 0.1) is 0 Å². The molecule has 2 aromatic rings. The largest absolute Gasteiger partial charge is 0.383 e. The van der Waals surface area contributed by atoms with Gasteiger partial charge in [-0.05, 0) is 18.6 Å². The van der Waals surface area contributed by atoms with Gasteiger partial charge in [0.15, 0.2) is 5.82 Å². The molecule has 1 atom stereocenters. The van der Waals surface area contributed by atoms with Crippen LogP contribution in [0.3, 0.4) is 0 Å². The van der Waals surface area contributed by atoms with Crippen LogP contribution in [0.25, 0.3) is 0 Å². The van der Waals surface area contributed by atoms with Crippen molar-refractivity contribution in [2.24, 2.45) is 0 Å². The first-order valence-corrected chi connectivity index (χ1v) is 8.47. The van der Waals surface area contributed by atoms with Crippen molar-refractivity contribution in [1.29, 1.82) is 0 Å². The first-order valence-electron chi connectivity index (χ1n) is 8.47. The molecule has 2 amide bonds. The van der Waals surface area contributed by atoms with E-state index in [-0.39, 0.29) is 12.1 Å². The molecule has 1 aromatic carbocycles. The predicted octanol–water partition coefficient (Wildman–Crippen LogP) is 2.40. The number of hydrogen-bond donors (Lipinski definition) is 1. The molecule has 1 aliphatic heterocycles. The molecule has 0 bridgehead atoms. The molecule has 1 N–H and O–H groups in total. The minimum absolute atomic E-state index is 0.0907. The van der Waals surface area contributed by atoms with Gasteiger partial charge in [-0.25, -0.2) is 4.79 Å². The number of methoxy groups -OCH3 is 1. The molecule has 7 heteroatoms. The van der Waals surface area contributed by atoms with Crippen LogP contribution >= 0.6 is 0 Å². The average Bonchev–Trinajstić information content (AvgIpc) is 2.99. The van der Waals surface area contributed by atoms with Crippen molar-refractivity contribution in [3.05, 3.63) is 42.1 Å². The lowest BCUT2D eigenvalue weighted by atomic mass is 10.1. The molecular weight excluding hydrogens is 318 g/mol. The van der Waals surface area contributed by atoms with Crippen molar-refractivity contribution in [3.63, 3.8) is 0 Å². The van der Waals surface area contributed by atoms with E-state index < -0.39 is 0 Å². The van der Waals surface area contributed by atoms with Crippen LogP contribution in [0.5, 0.6) is 0 Å². The molecule has 7 nitrogen and oxygen atoms in total. The molecular formula is C18H25N5O2. The lowest BCUT2D eigenvalue weighted by Crippen LogP contribution is -2.44. The molecule has 2 heterocycles. The molecule has 0 spiro atoms. The lowest BCUT2D eigenvalue weighted by molar-refractivity contribution is 0.183. The minimum atomic E-state index is -0.130. The van der Waals surface area contributed by atoms with Crippen LogP contribution in [0.4, 0.5) is 16.3 Å². The summed E-state index contributed by atoms with van der Waals surface area (Å²) in [7, 11) is 3.72. The Kier molecular flexibility index (Phi) is 5.23. The summed E-state index contributed by atoms with van der Waals surface area (Å²) >= 11 is 0. The van der Waals surface area contributed by atoms with Gasteiger partial charge in [-0.1, -0.05) is 18.2 Å². The van der Waals surface area contributed by atoms with Crippen molar-refractivity contribution >= 4 is 17.5 Å². The summed E-state index contributed by atoms with van der Waals surface area (Å²) in [6.07, 6.45) is 1.84. The molecule has 1 unspecified atom stereocenters. The highest BCUT2D eigenvalue weighted by Crippen LogP contribution is 2.26. The number of carbonyl (C=O) groups excluding carboxylic acids is 1. The van der Waals surface area contributed by atoms with Crippen molar-refractivity contribution in [1.82, 2.24) is 14.7 Å². The third kappa shape index (κ3) is 3.93. The third-order valence-electron chi connectivity index (χ3n) is 4.47. The molecule has 0 fully saturated rings. The van der Waals surface area contributed by atoms with Crippen LogP contribution < -0.4 is 10.2 Å². The highest BCUT2D eigenvalue weighted by atomic mass is 16.5. The van der Waals surface area contributed by atoms with Gasteiger partial charge in [0.1, 0.15) is 0 Å². The normalized spacial score (nSPS) is 17.2. The summed E-state index contributed by atoms with van der Waals surface area (Å²) in [5.41, 5.74) is 2.32. The Labute approximate surface area is 148 Å². The van der Waals surface area contributed by atoms with E-state index in [4.69, 9.17) is 4.74 Å². The summed E-state index contributed by atoms with van der Waals surface area (Å²) in [4.78, 5) is 16.9. The van der Waals surface area contributed by atoms with Crippen molar-refractivity contribution in [2.75, 3.05) is 37.5 Å². The smallest absolute Gasteiger partial charge is 0.323 e. The standard InChI is InChI=1S/C18H25N5O2/c1-14-12-21(2)16-7-5-4-6-15(16)13-23(14)18(24)19-17-8-9-22(20-17)10-11-25-3/h4-9,14H,10-13H2,1-3H3,(H,19,20,24). The van der Waals surface area contributed by atoms with Gasteiger partial charge in [0.25, 0.3) is 0 Å². The zero-order chi connectivity index (χ0) is 17.8. The Balaban J connectivity index is 1.72. The van der Waals surface area contributed by atoms with Crippen LogP contribution in [0.1, 0.15) is 12.5 Å². The van der Waals surface area contributed by atoms with E-state index in [0.717, 1.165) is 12.1 Å². The number of aromatic nitrogens is 2. The van der Waals surface area contributed by atoms with E-state index in [1.807, 2.05) is 23.2 Å². The fraction of sp³-hybridized carbons (Fsp3) is 0.444. The fourth-order valence-corrected chi connectivity index (χ4v) is 3.14. The topological polar surface area (TPSA) is 62.6 Å². The van der Waals surface area contributed by atoms with Gasteiger partial charge in [-0.2, -0.15) is 5.10 Å². The van der Waals surface area contributed by atoms with Crippen molar-refractivity contribution in [2.45, 2.75) is 26.1 Å². The van der Waals surface area contributed by atoms with Gasteiger partial charge < -0.3 is 14.5 Å². The Morgan fingerprint density at radius 1 is 1.36 bits per heavy atom. The van der Waals surface area contributed by atoms with Gasteiger partial charge in [0, 0.05) is 51.2 Å². The van der Waals surface area contributed by atoms with Crippen LogP contribution in [-0.4, -0.2) is 54.1 Å². The maximum atomic E-state index is 12.8. The van der Waals surface area contributed by atoms with Gasteiger partial charge >= 0.3 is 6.03 Å². The molecule has 1 aromatic heterocycles. The number of fused-ring (bicyclic) bond motifs is 1. The summed E-state index contributed by atoms with van der Waals surface area (Å²) in [5, 5.41) is 7.27. The molecule has 0 saturated heterocycles. The number of ether oxygens (including phenoxy) is 1. The zero-order valence-corrected chi connectivity index (χ0v) is 15.0. The van der Waals surface area contributed by atoms with Gasteiger partial charge in [0.05, 0.1) is 13.2 Å². The number of likely N-dealkylation sites (N-methyl/N-ethyl adjacent to an activating group) is 1. The molecule has 3 rings (SSSR count). The number of carbonyl (C=O) groups is 1. The van der Waals surface area contributed by atoms with Crippen LogP contribution in [0.2, 0.25) is 0 Å². The maximum Gasteiger partial charge on any atom is 0.323 e. The monoisotopic (exact) mass is 343 g/mol. The van der Waals surface area contributed by atoms with Crippen LogP contribution in [-0.2, 0) is 17.8 Å². The molecule has 25 heavy (non-hydrogen) atoms. The number of nitrogens with zero attached hydrogens (tertiary/aromatic N) is 4. The van der Waals surface area contributed by atoms with E-state index in [9.17, 15) is 4.79 Å². The highest BCUT2D eigenvalue weighted by Gasteiger charge is 2.27. The first kappa shape index (κ1) is 17.3. The number of amides is 2. The number of nitrogens with one attached hydrogen (secondary N) is 1. The molecule has 0 radical (unpaired) electrons. The zero-order valence-electron chi connectivity index (χ0n) is 15.0. The Hall–Kier alpha value is -2.54. The van der Waals surface area contributed by atoms with Crippen molar-refractivity contribution < 1.29 is 9.53 Å². The molecule has 1 aliphatic rings. The van der Waals surface area contributed by atoms with E-state index in [1.54, 1.807) is 17.9 Å². The second-order valence-corrected chi connectivity index (χ2v) is 6.37. The van der Waals surface area contributed by atoms with Crippen molar-refractivity contribution in [3.8, 4) is 0 Å². The maximum absolute atomic E-state index is 12.8. The Morgan fingerprint density at radius 2 is 2.16 bits per heavy atom. The molecule has 0 aliphatic carbocycles. The summed E-state index contributed by atoms with van der Waals surface area (Å²) in [6.45, 7) is 4.68. The number of anilines is 2. The summed E-state index contributed by atoms with van der Waals surface area (Å²) in [6, 6.07) is 9.97.